The minimum absolute atomic E-state index is 0.186. The van der Waals surface area contributed by atoms with Crippen LogP contribution in [0.3, 0.4) is 0 Å². The van der Waals surface area contributed by atoms with E-state index >= 15 is 0 Å². The lowest BCUT2D eigenvalue weighted by molar-refractivity contribution is -0.125. The van der Waals surface area contributed by atoms with Crippen molar-refractivity contribution in [1.82, 2.24) is 10.2 Å². The third-order valence-corrected chi connectivity index (χ3v) is 4.07. The molecule has 6 heteroatoms. The van der Waals surface area contributed by atoms with Gasteiger partial charge < -0.3 is 14.6 Å². The van der Waals surface area contributed by atoms with Crippen LogP contribution >= 0.6 is 0 Å². The average molecular weight is 323 g/mol. The van der Waals surface area contributed by atoms with Crippen molar-refractivity contribution < 1.29 is 14.0 Å². The van der Waals surface area contributed by atoms with Gasteiger partial charge in [-0.15, -0.1) is 0 Å². The van der Waals surface area contributed by atoms with Crippen molar-refractivity contribution in [3.8, 4) is 6.07 Å². The number of amides is 2. The van der Waals surface area contributed by atoms with Gasteiger partial charge >= 0.3 is 0 Å². The van der Waals surface area contributed by atoms with E-state index in [1.165, 1.54) is 0 Å². The van der Waals surface area contributed by atoms with Gasteiger partial charge in [0.2, 0.25) is 5.91 Å². The van der Waals surface area contributed by atoms with E-state index in [1.807, 2.05) is 6.07 Å². The zero-order valence-corrected chi connectivity index (χ0v) is 13.1. The number of rotatable bonds is 4. The van der Waals surface area contributed by atoms with Crippen molar-refractivity contribution in [2.24, 2.45) is 0 Å². The second-order valence-electron chi connectivity index (χ2n) is 5.65. The van der Waals surface area contributed by atoms with Gasteiger partial charge in [0.25, 0.3) is 5.91 Å². The number of hydrogen-bond donors (Lipinski definition) is 1. The highest BCUT2D eigenvalue weighted by Gasteiger charge is 2.34. The van der Waals surface area contributed by atoms with Gasteiger partial charge in [-0.3, -0.25) is 9.59 Å². The van der Waals surface area contributed by atoms with Crippen LogP contribution in [0, 0.1) is 11.3 Å². The molecule has 1 unspecified atom stereocenters. The Kier molecular flexibility index (Phi) is 4.62. The standard InChI is InChI=1S/C18H17N3O3/c19-11-13-4-1-5-14(10-13)18(23)21-8-2-7-16(21)17(22)20-12-15-6-3-9-24-15/h1,3-6,9-10,16H,2,7-8,12H2,(H,20,22). The van der Waals surface area contributed by atoms with E-state index in [0.717, 1.165) is 6.42 Å². The van der Waals surface area contributed by atoms with Crippen LogP contribution in [0.4, 0.5) is 0 Å². The Morgan fingerprint density at radius 3 is 2.96 bits per heavy atom. The maximum atomic E-state index is 12.7. The maximum Gasteiger partial charge on any atom is 0.254 e. The lowest BCUT2D eigenvalue weighted by atomic mass is 10.1. The molecule has 1 aliphatic heterocycles. The molecule has 2 heterocycles. The summed E-state index contributed by atoms with van der Waals surface area (Å²) in [5.74, 6) is 0.261. The lowest BCUT2D eigenvalue weighted by Gasteiger charge is -2.24. The number of nitrogens with zero attached hydrogens (tertiary/aromatic N) is 2. The molecular weight excluding hydrogens is 306 g/mol. The molecule has 6 nitrogen and oxygen atoms in total. The van der Waals surface area contributed by atoms with E-state index in [4.69, 9.17) is 9.68 Å². The number of likely N-dealkylation sites (tertiary alicyclic amines) is 1. The Hall–Kier alpha value is -3.07. The summed E-state index contributed by atoms with van der Waals surface area (Å²) in [4.78, 5) is 26.7. The van der Waals surface area contributed by atoms with Crippen molar-refractivity contribution in [1.29, 1.82) is 5.26 Å². The first-order chi connectivity index (χ1) is 11.7. The van der Waals surface area contributed by atoms with Gasteiger partial charge in [-0.25, -0.2) is 0 Å². The van der Waals surface area contributed by atoms with E-state index in [2.05, 4.69) is 5.32 Å². The zero-order valence-electron chi connectivity index (χ0n) is 13.1. The van der Waals surface area contributed by atoms with E-state index in [9.17, 15) is 9.59 Å². The second-order valence-corrected chi connectivity index (χ2v) is 5.65. The predicted molar refractivity (Wildman–Crippen MR) is 85.8 cm³/mol. The van der Waals surface area contributed by atoms with Crippen molar-refractivity contribution >= 4 is 11.8 Å². The third kappa shape index (κ3) is 3.30. The molecule has 1 fully saturated rings. The smallest absolute Gasteiger partial charge is 0.254 e. The summed E-state index contributed by atoms with van der Waals surface area (Å²) in [6, 6.07) is 11.6. The SMILES string of the molecule is N#Cc1cccc(C(=O)N2CCCC2C(=O)NCc2ccco2)c1. The molecule has 122 valence electrons. The van der Waals surface area contributed by atoms with Gasteiger partial charge in [-0.1, -0.05) is 6.07 Å². The number of hydrogen-bond acceptors (Lipinski definition) is 4. The highest BCUT2D eigenvalue weighted by Crippen LogP contribution is 2.21. The molecular formula is C18H17N3O3. The highest BCUT2D eigenvalue weighted by atomic mass is 16.3. The van der Waals surface area contributed by atoms with Crippen molar-refractivity contribution in [2.75, 3.05) is 6.54 Å². The number of carbonyl (C=O) groups excluding carboxylic acids is 2. The monoisotopic (exact) mass is 323 g/mol. The normalized spacial score (nSPS) is 16.6. The topological polar surface area (TPSA) is 86.3 Å². The first-order valence-corrected chi connectivity index (χ1v) is 7.80. The van der Waals surface area contributed by atoms with Crippen molar-refractivity contribution in [2.45, 2.75) is 25.4 Å². The Morgan fingerprint density at radius 1 is 1.33 bits per heavy atom. The average Bonchev–Trinajstić information content (AvgIpc) is 3.30. The molecule has 1 saturated heterocycles. The largest absolute Gasteiger partial charge is 0.467 e. The summed E-state index contributed by atoms with van der Waals surface area (Å²) in [7, 11) is 0. The van der Waals surface area contributed by atoms with Crippen LogP contribution in [0.5, 0.6) is 0 Å². The maximum absolute atomic E-state index is 12.7. The fraction of sp³-hybridized carbons (Fsp3) is 0.278. The summed E-state index contributed by atoms with van der Waals surface area (Å²) in [6.07, 6.45) is 2.96. The van der Waals surface area contributed by atoms with Gasteiger partial charge in [0.05, 0.1) is 24.4 Å². The van der Waals surface area contributed by atoms with Gasteiger partial charge in [0, 0.05) is 12.1 Å². The Morgan fingerprint density at radius 2 is 2.21 bits per heavy atom. The van der Waals surface area contributed by atoms with Crippen molar-refractivity contribution in [3.63, 3.8) is 0 Å². The number of benzene rings is 1. The number of carbonyl (C=O) groups is 2. The van der Waals surface area contributed by atoms with Crippen LogP contribution in [0.15, 0.2) is 47.1 Å². The first kappa shape index (κ1) is 15.8. The summed E-state index contributed by atoms with van der Waals surface area (Å²) >= 11 is 0. The molecule has 2 aromatic rings. The molecule has 0 saturated carbocycles. The molecule has 1 aromatic heterocycles. The minimum atomic E-state index is -0.488. The van der Waals surface area contributed by atoms with Gasteiger partial charge in [-0.05, 0) is 43.2 Å². The minimum Gasteiger partial charge on any atom is -0.467 e. The third-order valence-electron chi connectivity index (χ3n) is 4.07. The van der Waals surface area contributed by atoms with Gasteiger partial charge in [0.15, 0.2) is 0 Å². The lowest BCUT2D eigenvalue weighted by Crippen LogP contribution is -2.45. The van der Waals surface area contributed by atoms with Crippen LogP contribution < -0.4 is 5.32 Å². The van der Waals surface area contributed by atoms with Crippen LogP contribution in [0.1, 0.15) is 34.5 Å². The fourth-order valence-corrected chi connectivity index (χ4v) is 2.88. The summed E-state index contributed by atoms with van der Waals surface area (Å²) in [5, 5.41) is 11.8. The van der Waals surface area contributed by atoms with E-state index in [0.29, 0.717) is 36.4 Å². The zero-order chi connectivity index (χ0) is 16.9. The van der Waals surface area contributed by atoms with Crippen LogP contribution in [-0.4, -0.2) is 29.3 Å². The fourth-order valence-electron chi connectivity index (χ4n) is 2.88. The van der Waals surface area contributed by atoms with E-state index < -0.39 is 6.04 Å². The molecule has 3 rings (SSSR count). The molecule has 0 aliphatic carbocycles. The molecule has 1 aromatic carbocycles. The number of nitrogens with one attached hydrogen (secondary N) is 1. The van der Waals surface area contributed by atoms with Gasteiger partial charge in [0.1, 0.15) is 11.8 Å². The molecule has 1 N–H and O–H groups in total. The van der Waals surface area contributed by atoms with Crippen LogP contribution in [0.2, 0.25) is 0 Å². The summed E-state index contributed by atoms with van der Waals surface area (Å²) in [5.41, 5.74) is 0.860. The molecule has 24 heavy (non-hydrogen) atoms. The summed E-state index contributed by atoms with van der Waals surface area (Å²) < 4.78 is 5.19. The Labute approximate surface area is 139 Å². The van der Waals surface area contributed by atoms with Crippen LogP contribution in [0.25, 0.3) is 0 Å². The second kappa shape index (κ2) is 7.01. The summed E-state index contributed by atoms with van der Waals surface area (Å²) in [6.45, 7) is 0.836. The number of nitriles is 1. The van der Waals surface area contributed by atoms with Crippen molar-refractivity contribution in [3.05, 3.63) is 59.5 Å². The predicted octanol–water partition coefficient (Wildman–Crippen LogP) is 2.07. The quantitative estimate of drug-likeness (QED) is 0.933. The molecule has 0 spiro atoms. The molecule has 0 bridgehead atoms. The van der Waals surface area contributed by atoms with Crippen LogP contribution in [-0.2, 0) is 11.3 Å². The Balaban J connectivity index is 1.69. The molecule has 2 amide bonds. The number of furan rings is 1. The molecule has 1 aliphatic rings. The highest BCUT2D eigenvalue weighted by molar-refractivity contribution is 5.98. The Bertz CT molecular complexity index is 777. The first-order valence-electron chi connectivity index (χ1n) is 7.80. The van der Waals surface area contributed by atoms with E-state index in [-0.39, 0.29) is 11.8 Å². The van der Waals surface area contributed by atoms with Gasteiger partial charge in [-0.2, -0.15) is 5.26 Å². The molecule has 0 radical (unpaired) electrons. The van der Waals surface area contributed by atoms with E-state index in [1.54, 1.807) is 47.6 Å². The molecule has 1 atom stereocenters.